The van der Waals surface area contributed by atoms with E-state index < -0.39 is 17.6 Å². The minimum Gasteiger partial charge on any atom is -0.497 e. The van der Waals surface area contributed by atoms with E-state index in [2.05, 4.69) is 26.6 Å². The molecule has 1 aliphatic carbocycles. The molecule has 4 amide bonds. The third-order valence-corrected chi connectivity index (χ3v) is 8.33. The molecule has 46 heavy (non-hydrogen) atoms. The molecule has 1 saturated carbocycles. The molecule has 0 heterocycles. The van der Waals surface area contributed by atoms with E-state index in [1.807, 2.05) is 75.4 Å². The van der Waals surface area contributed by atoms with Crippen molar-refractivity contribution in [2.75, 3.05) is 20.2 Å². The maximum atomic E-state index is 13.6. The lowest BCUT2D eigenvalue weighted by Crippen LogP contribution is -2.56. The van der Waals surface area contributed by atoms with Crippen molar-refractivity contribution in [2.24, 2.45) is 5.92 Å². The Labute approximate surface area is 271 Å². The summed E-state index contributed by atoms with van der Waals surface area (Å²) in [5, 5.41) is 15.1. The van der Waals surface area contributed by atoms with Gasteiger partial charge in [-0.1, -0.05) is 62.4 Å². The van der Waals surface area contributed by atoms with Gasteiger partial charge in [-0.25, -0.2) is 0 Å². The number of amides is 4. The molecule has 0 radical (unpaired) electrons. The molecule has 1 aliphatic rings. The lowest BCUT2D eigenvalue weighted by molar-refractivity contribution is -0.130. The number of methoxy groups -OCH3 is 1. The first kappa shape index (κ1) is 34.2. The largest absolute Gasteiger partial charge is 0.497 e. The minimum absolute atomic E-state index is 0.0356. The summed E-state index contributed by atoms with van der Waals surface area (Å²) in [5.74, 6) is -0.463. The Kier molecular flexibility index (Phi) is 11.5. The highest BCUT2D eigenvalue weighted by Crippen LogP contribution is 2.51. The van der Waals surface area contributed by atoms with E-state index in [0.29, 0.717) is 42.9 Å². The van der Waals surface area contributed by atoms with Crippen LogP contribution in [0, 0.1) is 5.92 Å². The van der Waals surface area contributed by atoms with Crippen LogP contribution in [0.1, 0.15) is 71.9 Å². The maximum absolute atomic E-state index is 13.6. The van der Waals surface area contributed by atoms with E-state index in [9.17, 15) is 19.2 Å². The van der Waals surface area contributed by atoms with Crippen LogP contribution in [0.5, 0.6) is 5.75 Å². The van der Waals surface area contributed by atoms with E-state index in [1.54, 1.807) is 38.3 Å². The van der Waals surface area contributed by atoms with E-state index in [1.165, 1.54) is 0 Å². The molecule has 0 spiro atoms. The first-order chi connectivity index (χ1) is 22.1. The zero-order valence-electron chi connectivity index (χ0n) is 27.2. The summed E-state index contributed by atoms with van der Waals surface area (Å²) in [6, 6.07) is 22.7. The Morgan fingerprint density at radius 2 is 1.54 bits per heavy atom. The zero-order chi connectivity index (χ0) is 33.3. The van der Waals surface area contributed by atoms with Crippen LogP contribution in [0.2, 0.25) is 0 Å². The molecule has 1 fully saturated rings. The van der Waals surface area contributed by atoms with Crippen molar-refractivity contribution in [1.29, 1.82) is 0 Å². The molecule has 0 aromatic heterocycles. The summed E-state index contributed by atoms with van der Waals surface area (Å²) < 4.78 is 5.26. The fraction of sp³-hybridized carbons (Fsp3) is 0.389. The SMILES string of the molecule is CCNC(=O)[C@@H](NC(=O)[C@H](C)NCC1(NC(=O)c2cccc(C(=O)NCc3cccc(OC)c3)c2)C[C@H]1c1ccccc1)C(C)C. The number of likely N-dealkylation sites (N-methyl/N-ethyl adjacent to an activating group) is 1. The number of rotatable bonds is 15. The van der Waals surface area contributed by atoms with Crippen LogP contribution in [-0.4, -0.2) is 61.5 Å². The Bertz CT molecular complexity index is 1530. The van der Waals surface area contributed by atoms with Gasteiger partial charge in [0.1, 0.15) is 11.8 Å². The quantitative estimate of drug-likeness (QED) is 0.175. The van der Waals surface area contributed by atoms with Gasteiger partial charge in [0.05, 0.1) is 18.7 Å². The second-order valence-corrected chi connectivity index (χ2v) is 12.1. The molecule has 4 atom stereocenters. The number of hydrogen-bond donors (Lipinski definition) is 5. The number of nitrogens with one attached hydrogen (secondary N) is 5. The molecule has 0 saturated heterocycles. The molecular formula is C36H45N5O5. The van der Waals surface area contributed by atoms with Gasteiger partial charge in [0.15, 0.2) is 0 Å². The van der Waals surface area contributed by atoms with Gasteiger partial charge < -0.3 is 31.3 Å². The molecule has 0 bridgehead atoms. The number of hydrogen-bond acceptors (Lipinski definition) is 6. The Morgan fingerprint density at radius 1 is 0.848 bits per heavy atom. The third kappa shape index (κ3) is 8.72. The maximum Gasteiger partial charge on any atom is 0.251 e. The highest BCUT2D eigenvalue weighted by molar-refractivity contribution is 6.00. The van der Waals surface area contributed by atoms with Crippen LogP contribution in [-0.2, 0) is 16.1 Å². The number of benzene rings is 3. The Balaban J connectivity index is 1.43. The topological polar surface area (TPSA) is 138 Å². The fourth-order valence-corrected chi connectivity index (χ4v) is 5.50. The fourth-order valence-electron chi connectivity index (χ4n) is 5.50. The summed E-state index contributed by atoms with van der Waals surface area (Å²) in [6.45, 7) is 8.48. The van der Waals surface area contributed by atoms with Gasteiger partial charge in [0.2, 0.25) is 11.8 Å². The molecule has 3 aromatic carbocycles. The minimum atomic E-state index is -0.650. The molecule has 4 rings (SSSR count). The van der Waals surface area contributed by atoms with Crippen LogP contribution >= 0.6 is 0 Å². The van der Waals surface area contributed by atoms with Crippen molar-refractivity contribution in [1.82, 2.24) is 26.6 Å². The predicted molar refractivity (Wildman–Crippen MR) is 178 cm³/mol. The first-order valence-electron chi connectivity index (χ1n) is 15.8. The molecule has 0 aliphatic heterocycles. The molecule has 10 heteroatoms. The smallest absolute Gasteiger partial charge is 0.251 e. The van der Waals surface area contributed by atoms with E-state index in [4.69, 9.17) is 4.74 Å². The van der Waals surface area contributed by atoms with Crippen molar-refractivity contribution in [3.63, 3.8) is 0 Å². The predicted octanol–water partition coefficient (Wildman–Crippen LogP) is 3.54. The van der Waals surface area contributed by atoms with Gasteiger partial charge in [-0.15, -0.1) is 0 Å². The van der Waals surface area contributed by atoms with Crippen molar-refractivity contribution >= 4 is 23.6 Å². The molecule has 244 valence electrons. The third-order valence-electron chi connectivity index (χ3n) is 8.33. The lowest BCUT2D eigenvalue weighted by Gasteiger charge is -2.26. The van der Waals surface area contributed by atoms with E-state index >= 15 is 0 Å². The van der Waals surface area contributed by atoms with Gasteiger partial charge in [0.25, 0.3) is 11.8 Å². The summed E-state index contributed by atoms with van der Waals surface area (Å²) in [6.07, 6.45) is 0.679. The average molecular weight is 628 g/mol. The molecule has 1 unspecified atom stereocenters. The average Bonchev–Trinajstić information content (AvgIpc) is 3.78. The van der Waals surface area contributed by atoms with Crippen molar-refractivity contribution in [2.45, 2.75) is 64.2 Å². The van der Waals surface area contributed by atoms with Gasteiger partial charge in [-0.05, 0) is 67.6 Å². The molecular weight excluding hydrogens is 582 g/mol. The van der Waals surface area contributed by atoms with E-state index in [-0.39, 0.29) is 35.5 Å². The summed E-state index contributed by atoms with van der Waals surface area (Å²) in [4.78, 5) is 52.2. The van der Waals surface area contributed by atoms with Gasteiger partial charge in [-0.3, -0.25) is 19.2 Å². The van der Waals surface area contributed by atoms with Crippen molar-refractivity contribution in [3.05, 3.63) is 101 Å². The molecule has 5 N–H and O–H groups in total. The number of carbonyl (C=O) groups is 4. The normalized spacial score (nSPS) is 18.2. The second-order valence-electron chi connectivity index (χ2n) is 12.1. The zero-order valence-corrected chi connectivity index (χ0v) is 27.2. The monoisotopic (exact) mass is 627 g/mol. The van der Waals surface area contributed by atoms with Crippen LogP contribution in [0.3, 0.4) is 0 Å². The number of carbonyl (C=O) groups excluding carboxylic acids is 4. The van der Waals surface area contributed by atoms with Crippen LogP contribution in [0.4, 0.5) is 0 Å². The van der Waals surface area contributed by atoms with Crippen LogP contribution < -0.4 is 31.3 Å². The van der Waals surface area contributed by atoms with Crippen molar-refractivity contribution < 1.29 is 23.9 Å². The van der Waals surface area contributed by atoms with E-state index in [0.717, 1.165) is 11.1 Å². The van der Waals surface area contributed by atoms with Crippen LogP contribution in [0.25, 0.3) is 0 Å². The Morgan fingerprint density at radius 3 is 2.22 bits per heavy atom. The molecule has 10 nitrogen and oxygen atoms in total. The van der Waals surface area contributed by atoms with Crippen LogP contribution in [0.15, 0.2) is 78.9 Å². The summed E-state index contributed by atoms with van der Waals surface area (Å²) >= 11 is 0. The summed E-state index contributed by atoms with van der Waals surface area (Å²) in [7, 11) is 1.59. The van der Waals surface area contributed by atoms with Gasteiger partial charge >= 0.3 is 0 Å². The Hall–Kier alpha value is -4.70. The van der Waals surface area contributed by atoms with Crippen molar-refractivity contribution in [3.8, 4) is 5.75 Å². The summed E-state index contributed by atoms with van der Waals surface area (Å²) in [5.41, 5.74) is 2.07. The highest BCUT2D eigenvalue weighted by atomic mass is 16.5. The first-order valence-corrected chi connectivity index (χ1v) is 15.8. The highest BCUT2D eigenvalue weighted by Gasteiger charge is 2.56. The second kappa shape index (κ2) is 15.5. The van der Waals surface area contributed by atoms with Gasteiger partial charge in [-0.2, -0.15) is 0 Å². The standard InChI is InChI=1S/C36H45N5O5/c1-6-37-35(45)31(23(2)3)40-32(42)24(4)39-22-36(20-30(36)26-13-8-7-9-14-26)41-34(44)28-16-11-15-27(19-28)33(43)38-21-25-12-10-17-29(18-25)46-5/h7-19,23-24,30-31,39H,6,20-22H2,1-5H3,(H,37,45)(H,38,43)(H,40,42)(H,41,44)/t24-,30-,31-,36?/m0/s1. The molecule has 3 aromatic rings. The number of ether oxygens (including phenoxy) is 1. The lowest BCUT2D eigenvalue weighted by atomic mass is 10.0. The van der Waals surface area contributed by atoms with Gasteiger partial charge in [0, 0.05) is 36.7 Å².